The van der Waals surface area contributed by atoms with Crippen molar-refractivity contribution in [3.8, 4) is 0 Å². The molecule has 3 atom stereocenters. The van der Waals surface area contributed by atoms with Gasteiger partial charge in [0.15, 0.2) is 11.6 Å². The fourth-order valence-corrected chi connectivity index (χ4v) is 3.56. The minimum Gasteiger partial charge on any atom is -0.354 e. The van der Waals surface area contributed by atoms with Crippen LogP contribution in [-0.4, -0.2) is 43.0 Å². The topological polar surface area (TPSA) is 75.5 Å². The van der Waals surface area contributed by atoms with Gasteiger partial charge in [0.1, 0.15) is 12.1 Å². The average Bonchev–Trinajstić information content (AvgIpc) is 3.02. The van der Waals surface area contributed by atoms with Crippen molar-refractivity contribution in [3.05, 3.63) is 29.3 Å². The van der Waals surface area contributed by atoms with E-state index in [1.165, 1.54) is 0 Å². The number of thiazole rings is 1. The number of benzene rings is 1. The predicted molar refractivity (Wildman–Crippen MR) is 101 cm³/mol. The second kappa shape index (κ2) is 8.92. The van der Waals surface area contributed by atoms with Crippen LogP contribution in [0.5, 0.6) is 0 Å². The smallest absolute Gasteiger partial charge is 0.275 e. The quantitative estimate of drug-likeness (QED) is 0.652. The fourth-order valence-electron chi connectivity index (χ4n) is 2.45. The molecule has 136 valence electrons. The highest BCUT2D eigenvalue weighted by Gasteiger charge is 2.23. The molecule has 3 N–H and O–H groups in total. The number of hydrogen-bond donors (Lipinski definition) is 3. The Balaban J connectivity index is 1.90. The molecule has 0 fully saturated rings. The van der Waals surface area contributed by atoms with Crippen molar-refractivity contribution in [2.24, 2.45) is 0 Å². The number of aromatic nitrogens is 1. The van der Waals surface area contributed by atoms with Gasteiger partial charge in [-0.05, 0) is 32.4 Å². The molecule has 0 aliphatic carbocycles. The molecule has 0 saturated heterocycles. The van der Waals surface area contributed by atoms with Gasteiger partial charge in [-0.25, -0.2) is 4.98 Å². The Morgan fingerprint density at radius 1 is 1.28 bits per heavy atom. The van der Waals surface area contributed by atoms with Crippen LogP contribution in [0.4, 0.5) is 0 Å². The Hall–Kier alpha value is -1.99. The van der Waals surface area contributed by atoms with Gasteiger partial charge in [0.05, 0.1) is 17.3 Å². The summed E-state index contributed by atoms with van der Waals surface area (Å²) in [7, 11) is 1.97. The molecule has 7 heteroatoms. The van der Waals surface area contributed by atoms with Gasteiger partial charge in [0.25, 0.3) is 5.91 Å². The van der Waals surface area contributed by atoms with Gasteiger partial charge in [-0.1, -0.05) is 19.1 Å². The van der Waals surface area contributed by atoms with E-state index in [1.54, 1.807) is 18.3 Å². The molecule has 1 aromatic carbocycles. The van der Waals surface area contributed by atoms with Crippen molar-refractivity contribution in [3.63, 3.8) is 0 Å². The van der Waals surface area contributed by atoms with Gasteiger partial charge in [0.2, 0.25) is 5.91 Å². The number of para-hydroxylation sites is 1. The molecule has 1 heterocycles. The van der Waals surface area contributed by atoms with Gasteiger partial charge in [-0.2, -0.15) is 0 Å². The number of likely N-dealkylation sites (N-methyl/N-ethyl adjacent to an activating group) is 1. The largest absolute Gasteiger partial charge is 0.354 e. The van der Waals surface area contributed by atoms with Crippen LogP contribution in [0.1, 0.15) is 38.2 Å². The van der Waals surface area contributed by atoms with Crippen molar-refractivity contribution in [1.29, 1.82) is 0 Å². The number of quaternary nitrogens is 1. The highest BCUT2D eigenvalue weighted by atomic mass is 32.1. The van der Waals surface area contributed by atoms with Gasteiger partial charge in [-0.3, -0.25) is 9.59 Å². The molecule has 2 aromatic rings. The number of carbonyl (C=O) groups is 2. The minimum atomic E-state index is -0.524. The van der Waals surface area contributed by atoms with Crippen molar-refractivity contribution >= 4 is 33.4 Å². The van der Waals surface area contributed by atoms with Crippen LogP contribution >= 0.6 is 11.3 Å². The van der Waals surface area contributed by atoms with Crippen LogP contribution < -0.4 is 15.5 Å². The number of carbonyl (C=O) groups excluding carboxylic acids is 2. The Bertz CT molecular complexity index is 698. The summed E-state index contributed by atoms with van der Waals surface area (Å²) >= 11 is 1.66. The highest BCUT2D eigenvalue weighted by Crippen LogP contribution is 2.24. The van der Waals surface area contributed by atoms with Crippen LogP contribution in [0.15, 0.2) is 24.3 Å². The number of nitrogens with one attached hydrogen (secondary N) is 3. The maximum absolute atomic E-state index is 12.2. The molecule has 0 saturated carbocycles. The second-order valence-electron chi connectivity index (χ2n) is 6.34. The molecule has 1 unspecified atom stereocenters. The first-order valence-electron chi connectivity index (χ1n) is 8.67. The molecule has 6 nitrogen and oxygen atoms in total. The zero-order valence-corrected chi connectivity index (χ0v) is 16.1. The summed E-state index contributed by atoms with van der Waals surface area (Å²) in [6.45, 7) is 6.68. The zero-order chi connectivity index (χ0) is 18.4. The molecule has 0 spiro atoms. The lowest BCUT2D eigenvalue weighted by molar-refractivity contribution is -0.902. The maximum Gasteiger partial charge on any atom is 0.275 e. The number of rotatable bonds is 8. The van der Waals surface area contributed by atoms with Gasteiger partial charge in [0, 0.05) is 6.54 Å². The van der Waals surface area contributed by atoms with Gasteiger partial charge >= 0.3 is 0 Å². The predicted octanol–water partition coefficient (Wildman–Crippen LogP) is 0.903. The van der Waals surface area contributed by atoms with E-state index in [0.29, 0.717) is 13.1 Å². The number of fused-ring (bicyclic) bond motifs is 1. The standard InChI is InChI=1S/C18H26N4O2S/c1-5-10-19-17(24)12(2)20-16(23)11-22(4)13(3)18-21-14-8-6-7-9-15(14)25-18/h6-9,12-13H,5,10-11H2,1-4H3,(H,19,24)(H,20,23)/p+1/t12-,13-/m0/s1. The summed E-state index contributed by atoms with van der Waals surface area (Å²) < 4.78 is 1.16. The molecule has 0 radical (unpaired) electrons. The van der Waals surface area contributed by atoms with Gasteiger partial charge < -0.3 is 15.5 Å². The third kappa shape index (κ3) is 5.24. The summed E-state index contributed by atoms with van der Waals surface area (Å²) in [6.07, 6.45) is 0.874. The van der Waals surface area contributed by atoms with Crippen LogP contribution in [0.3, 0.4) is 0 Å². The molecule has 2 rings (SSSR count). The number of nitrogens with zero attached hydrogens (tertiary/aromatic N) is 1. The van der Waals surface area contributed by atoms with E-state index in [2.05, 4.69) is 28.6 Å². The van der Waals surface area contributed by atoms with Crippen LogP contribution in [-0.2, 0) is 9.59 Å². The van der Waals surface area contributed by atoms with Crippen LogP contribution in [0, 0.1) is 0 Å². The molecular formula is C18H27N4O2S+. The third-order valence-corrected chi connectivity index (χ3v) is 5.40. The van der Waals surface area contributed by atoms with E-state index in [-0.39, 0.29) is 17.9 Å². The monoisotopic (exact) mass is 363 g/mol. The lowest BCUT2D eigenvalue weighted by Crippen LogP contribution is -3.10. The van der Waals surface area contributed by atoms with E-state index in [1.807, 2.05) is 32.2 Å². The van der Waals surface area contributed by atoms with Crippen LogP contribution in [0.2, 0.25) is 0 Å². The second-order valence-corrected chi connectivity index (χ2v) is 7.41. The first-order valence-corrected chi connectivity index (χ1v) is 9.48. The summed E-state index contributed by atoms with van der Waals surface area (Å²) in [5, 5.41) is 6.56. The van der Waals surface area contributed by atoms with Crippen LogP contribution in [0.25, 0.3) is 10.2 Å². The fraction of sp³-hybridized carbons (Fsp3) is 0.500. The number of hydrogen-bond acceptors (Lipinski definition) is 4. The van der Waals surface area contributed by atoms with E-state index in [0.717, 1.165) is 26.5 Å². The minimum absolute atomic E-state index is 0.104. The Labute approximate surface area is 152 Å². The summed E-state index contributed by atoms with van der Waals surface area (Å²) in [5.41, 5.74) is 0.993. The third-order valence-electron chi connectivity index (χ3n) is 4.18. The summed E-state index contributed by atoms with van der Waals surface area (Å²) in [5.74, 6) is -0.281. The van der Waals surface area contributed by atoms with Gasteiger partial charge in [-0.15, -0.1) is 11.3 Å². The van der Waals surface area contributed by atoms with E-state index < -0.39 is 6.04 Å². The SMILES string of the molecule is CCCNC(=O)[C@H](C)NC(=O)C[NH+](C)[C@@H](C)c1nc2ccccc2s1. The molecule has 0 bridgehead atoms. The molecule has 0 aliphatic heterocycles. The lowest BCUT2D eigenvalue weighted by Gasteiger charge is -2.20. The van der Waals surface area contributed by atoms with Crippen molar-refractivity contribution in [1.82, 2.24) is 15.6 Å². The Kier molecular flexibility index (Phi) is 6.90. The maximum atomic E-state index is 12.2. The summed E-state index contributed by atoms with van der Waals surface area (Å²) in [4.78, 5) is 29.8. The van der Waals surface area contributed by atoms with E-state index in [9.17, 15) is 9.59 Å². The molecule has 25 heavy (non-hydrogen) atoms. The van der Waals surface area contributed by atoms with Crippen molar-refractivity contribution in [2.75, 3.05) is 20.1 Å². The van der Waals surface area contributed by atoms with E-state index >= 15 is 0 Å². The molecule has 1 aromatic heterocycles. The first-order chi connectivity index (χ1) is 11.9. The molecule has 2 amide bonds. The zero-order valence-electron chi connectivity index (χ0n) is 15.3. The number of amides is 2. The van der Waals surface area contributed by atoms with Crippen molar-refractivity contribution < 1.29 is 14.5 Å². The Morgan fingerprint density at radius 2 is 2.00 bits per heavy atom. The van der Waals surface area contributed by atoms with Crippen molar-refractivity contribution in [2.45, 2.75) is 39.3 Å². The first kappa shape index (κ1) is 19.3. The summed E-state index contributed by atoms with van der Waals surface area (Å²) in [6, 6.07) is 7.62. The van der Waals surface area contributed by atoms with E-state index in [4.69, 9.17) is 0 Å². The lowest BCUT2D eigenvalue weighted by atomic mass is 10.2. The highest BCUT2D eigenvalue weighted by molar-refractivity contribution is 7.18. The normalized spacial score (nSPS) is 14.7. The molecular weight excluding hydrogens is 336 g/mol. The molecule has 0 aliphatic rings. The Morgan fingerprint density at radius 3 is 2.68 bits per heavy atom. The average molecular weight is 364 g/mol.